The molecule has 2 amide bonds. The molecule has 1 fully saturated rings. The van der Waals surface area contributed by atoms with Crippen LogP contribution in [0.3, 0.4) is 0 Å². The minimum Gasteiger partial charge on any atom is -0.343 e. The van der Waals surface area contributed by atoms with Crippen LogP contribution in [0.1, 0.15) is 50.2 Å². The number of amides is 2. The van der Waals surface area contributed by atoms with E-state index in [2.05, 4.69) is 15.5 Å². The van der Waals surface area contributed by atoms with Crippen LogP contribution in [-0.4, -0.2) is 34.3 Å². The summed E-state index contributed by atoms with van der Waals surface area (Å²) in [6, 6.07) is 7.82. The van der Waals surface area contributed by atoms with Gasteiger partial charge in [-0.25, -0.2) is 0 Å². The molecule has 2 aliphatic rings. The average molecular weight is 401 g/mol. The predicted molar refractivity (Wildman–Crippen MR) is 106 cm³/mol. The van der Waals surface area contributed by atoms with Crippen molar-refractivity contribution in [3.63, 3.8) is 0 Å². The maximum Gasteiger partial charge on any atom is 0.237 e. The van der Waals surface area contributed by atoms with Crippen molar-refractivity contribution in [2.24, 2.45) is 0 Å². The van der Waals surface area contributed by atoms with E-state index in [4.69, 9.17) is 4.52 Å². The number of aryl methyl sites for hydroxylation is 1. The molecular formula is C20H24N4O3S. The smallest absolute Gasteiger partial charge is 0.237 e. The molecule has 0 bridgehead atoms. The number of aromatic nitrogens is 2. The summed E-state index contributed by atoms with van der Waals surface area (Å²) in [6.45, 7) is 2.12. The second-order valence-corrected chi connectivity index (χ2v) is 8.40. The number of nitrogens with one attached hydrogen (secondary N) is 1. The number of hydrogen-bond acceptors (Lipinski definition) is 6. The van der Waals surface area contributed by atoms with Crippen LogP contribution in [-0.2, 0) is 15.1 Å². The molecule has 0 saturated heterocycles. The van der Waals surface area contributed by atoms with Crippen LogP contribution in [0.4, 0.5) is 5.69 Å². The van der Waals surface area contributed by atoms with Crippen molar-refractivity contribution in [2.45, 2.75) is 55.9 Å². The Kier molecular flexibility index (Phi) is 5.39. The molecule has 0 radical (unpaired) electrons. The standard InChI is InChI=1S/C20H24N4O3S/c1-14-21-19(23-27-14)20(10-5-2-6-11-20)22-17(25)9-12-24-15-7-3-4-8-16(15)28-13-18(24)26/h3-4,7-8H,2,5-6,9-13H2,1H3,(H,22,25). The lowest BCUT2D eigenvalue weighted by Gasteiger charge is -2.35. The number of thioether (sulfide) groups is 1. The van der Waals surface area contributed by atoms with Crippen molar-refractivity contribution >= 4 is 29.3 Å². The molecular weight excluding hydrogens is 376 g/mol. The number of benzene rings is 1. The summed E-state index contributed by atoms with van der Waals surface area (Å²) in [7, 11) is 0. The van der Waals surface area contributed by atoms with E-state index >= 15 is 0 Å². The van der Waals surface area contributed by atoms with Gasteiger partial charge in [-0.3, -0.25) is 9.59 Å². The number of carbonyl (C=O) groups excluding carboxylic acids is 2. The molecule has 1 N–H and O–H groups in total. The van der Waals surface area contributed by atoms with Gasteiger partial charge in [0, 0.05) is 24.8 Å². The van der Waals surface area contributed by atoms with Gasteiger partial charge in [-0.05, 0) is 25.0 Å². The molecule has 2 heterocycles. The Morgan fingerprint density at radius 2 is 2.07 bits per heavy atom. The van der Waals surface area contributed by atoms with Crippen molar-refractivity contribution in [2.75, 3.05) is 17.2 Å². The minimum absolute atomic E-state index is 0.0395. The number of fused-ring (bicyclic) bond motifs is 1. The van der Waals surface area contributed by atoms with E-state index in [0.29, 0.717) is 24.0 Å². The number of carbonyl (C=O) groups is 2. The highest BCUT2D eigenvalue weighted by Crippen LogP contribution is 2.37. The molecule has 1 aromatic carbocycles. The van der Waals surface area contributed by atoms with E-state index in [9.17, 15) is 9.59 Å². The van der Waals surface area contributed by atoms with E-state index in [0.717, 1.165) is 42.7 Å². The zero-order valence-corrected chi connectivity index (χ0v) is 16.8. The zero-order valence-electron chi connectivity index (χ0n) is 15.9. The first-order valence-corrected chi connectivity index (χ1v) is 10.7. The van der Waals surface area contributed by atoms with Crippen LogP contribution in [0.2, 0.25) is 0 Å². The van der Waals surface area contributed by atoms with Crippen molar-refractivity contribution in [1.82, 2.24) is 15.5 Å². The maximum absolute atomic E-state index is 12.8. The average Bonchev–Trinajstić information content (AvgIpc) is 3.15. The second kappa shape index (κ2) is 7.95. The molecule has 4 rings (SSSR count). The van der Waals surface area contributed by atoms with E-state index < -0.39 is 5.54 Å². The van der Waals surface area contributed by atoms with Crippen molar-refractivity contribution in [1.29, 1.82) is 0 Å². The predicted octanol–water partition coefficient (Wildman–Crippen LogP) is 3.18. The third kappa shape index (κ3) is 3.78. The van der Waals surface area contributed by atoms with Gasteiger partial charge in [-0.15, -0.1) is 11.8 Å². The molecule has 1 aromatic heterocycles. The van der Waals surface area contributed by atoms with Crippen LogP contribution in [0.15, 0.2) is 33.7 Å². The molecule has 7 nitrogen and oxygen atoms in total. The summed E-state index contributed by atoms with van der Waals surface area (Å²) in [4.78, 5) is 32.4. The third-order valence-electron chi connectivity index (χ3n) is 5.41. The van der Waals surface area contributed by atoms with E-state index in [1.54, 1.807) is 23.6 Å². The monoisotopic (exact) mass is 400 g/mol. The summed E-state index contributed by atoms with van der Waals surface area (Å²) in [5.41, 5.74) is 0.324. The van der Waals surface area contributed by atoms with Crippen LogP contribution >= 0.6 is 11.8 Å². The fraction of sp³-hybridized carbons (Fsp3) is 0.500. The first-order valence-electron chi connectivity index (χ1n) is 9.71. The Morgan fingerprint density at radius 3 is 2.82 bits per heavy atom. The van der Waals surface area contributed by atoms with Gasteiger partial charge in [0.1, 0.15) is 5.54 Å². The number of nitrogens with zero attached hydrogens (tertiary/aromatic N) is 3. The van der Waals surface area contributed by atoms with Crippen molar-refractivity contribution < 1.29 is 14.1 Å². The Morgan fingerprint density at radius 1 is 1.29 bits per heavy atom. The van der Waals surface area contributed by atoms with Gasteiger partial charge in [-0.2, -0.15) is 4.98 Å². The van der Waals surface area contributed by atoms with Gasteiger partial charge in [0.05, 0.1) is 11.4 Å². The highest BCUT2D eigenvalue weighted by Gasteiger charge is 2.39. The van der Waals surface area contributed by atoms with Gasteiger partial charge < -0.3 is 14.7 Å². The number of anilines is 1. The van der Waals surface area contributed by atoms with Crippen LogP contribution in [0.5, 0.6) is 0 Å². The number of hydrogen-bond donors (Lipinski definition) is 1. The van der Waals surface area contributed by atoms with Gasteiger partial charge >= 0.3 is 0 Å². The molecule has 1 aliphatic carbocycles. The molecule has 1 saturated carbocycles. The van der Waals surface area contributed by atoms with E-state index in [1.807, 2.05) is 24.3 Å². The molecule has 0 spiro atoms. The van der Waals surface area contributed by atoms with Gasteiger partial charge in [0.25, 0.3) is 0 Å². The summed E-state index contributed by atoms with van der Waals surface area (Å²) < 4.78 is 5.16. The molecule has 0 unspecified atom stereocenters. The normalized spacial score (nSPS) is 18.6. The van der Waals surface area contributed by atoms with Crippen LogP contribution in [0, 0.1) is 6.92 Å². The second-order valence-electron chi connectivity index (χ2n) is 7.38. The van der Waals surface area contributed by atoms with Gasteiger partial charge in [0.2, 0.25) is 17.7 Å². The molecule has 2 aromatic rings. The van der Waals surface area contributed by atoms with Crippen LogP contribution in [0.25, 0.3) is 0 Å². The number of rotatable bonds is 5. The Bertz CT molecular complexity index is 876. The molecule has 1 aliphatic heterocycles. The lowest BCUT2D eigenvalue weighted by Crippen LogP contribution is -2.49. The summed E-state index contributed by atoms with van der Waals surface area (Å²) in [5, 5.41) is 7.26. The fourth-order valence-electron chi connectivity index (χ4n) is 4.00. The Balaban J connectivity index is 1.45. The first-order chi connectivity index (χ1) is 13.6. The first kappa shape index (κ1) is 19.0. The van der Waals surface area contributed by atoms with Crippen molar-refractivity contribution in [3.8, 4) is 0 Å². The Labute approximate surface area is 168 Å². The largest absolute Gasteiger partial charge is 0.343 e. The van der Waals surface area contributed by atoms with E-state index in [-0.39, 0.29) is 18.2 Å². The lowest BCUT2D eigenvalue weighted by atomic mass is 9.81. The fourth-order valence-corrected chi connectivity index (χ4v) is 4.93. The van der Waals surface area contributed by atoms with Crippen molar-refractivity contribution in [3.05, 3.63) is 36.0 Å². The summed E-state index contributed by atoms with van der Waals surface area (Å²) >= 11 is 1.54. The van der Waals surface area contributed by atoms with Crippen LogP contribution < -0.4 is 10.2 Å². The molecule has 28 heavy (non-hydrogen) atoms. The van der Waals surface area contributed by atoms with E-state index in [1.165, 1.54) is 0 Å². The zero-order chi connectivity index (χ0) is 19.6. The topological polar surface area (TPSA) is 88.3 Å². The SMILES string of the molecule is Cc1nc(C2(NC(=O)CCN3C(=O)CSc4ccccc43)CCCCC2)no1. The minimum atomic E-state index is -0.563. The Hall–Kier alpha value is -2.35. The lowest BCUT2D eigenvalue weighted by molar-refractivity contribution is -0.123. The molecule has 8 heteroatoms. The number of para-hydroxylation sites is 1. The third-order valence-corrected chi connectivity index (χ3v) is 6.46. The molecule has 148 valence electrons. The maximum atomic E-state index is 12.8. The highest BCUT2D eigenvalue weighted by atomic mass is 32.2. The molecule has 0 atom stereocenters. The highest BCUT2D eigenvalue weighted by molar-refractivity contribution is 8.00. The summed E-state index contributed by atoms with van der Waals surface area (Å²) in [6.07, 6.45) is 5.03. The van der Waals surface area contributed by atoms with Gasteiger partial charge in [0.15, 0.2) is 5.82 Å². The summed E-state index contributed by atoms with van der Waals surface area (Å²) in [5.74, 6) is 1.42. The quantitative estimate of drug-likeness (QED) is 0.829. The van der Waals surface area contributed by atoms with Gasteiger partial charge in [-0.1, -0.05) is 36.6 Å².